The van der Waals surface area contributed by atoms with Crippen molar-refractivity contribution in [1.82, 2.24) is 9.38 Å². The van der Waals surface area contributed by atoms with Gasteiger partial charge in [0.15, 0.2) is 5.65 Å². The van der Waals surface area contributed by atoms with Gasteiger partial charge in [-0.3, -0.25) is 4.40 Å². The van der Waals surface area contributed by atoms with Crippen LogP contribution in [-0.4, -0.2) is 35.6 Å². The van der Waals surface area contributed by atoms with Crippen LogP contribution in [0.5, 0.6) is 0 Å². The minimum atomic E-state index is 0.592. The number of rotatable bonds is 5. The summed E-state index contributed by atoms with van der Waals surface area (Å²) in [5, 5.41) is 10.9. The molecule has 4 aromatic rings. The second-order valence-electron chi connectivity index (χ2n) is 9.56. The highest BCUT2D eigenvalue weighted by Gasteiger charge is 2.27. The van der Waals surface area contributed by atoms with E-state index in [9.17, 15) is 5.26 Å². The summed E-state index contributed by atoms with van der Waals surface area (Å²) in [4.78, 5) is 9.81. The molecular weight excluding hydrogens is 442 g/mol. The lowest BCUT2D eigenvalue weighted by atomic mass is 9.96. The van der Waals surface area contributed by atoms with E-state index in [0.29, 0.717) is 11.5 Å². The zero-order valence-electron chi connectivity index (χ0n) is 20.1. The first-order valence-electron chi connectivity index (χ1n) is 12.1. The predicted molar refractivity (Wildman–Crippen MR) is 141 cm³/mol. The van der Waals surface area contributed by atoms with Gasteiger partial charge in [0.1, 0.15) is 11.9 Å². The minimum Gasteiger partial charge on any atom is -0.368 e. The van der Waals surface area contributed by atoms with Gasteiger partial charge in [-0.05, 0) is 73.2 Å². The van der Waals surface area contributed by atoms with Crippen LogP contribution in [0, 0.1) is 24.2 Å². The summed E-state index contributed by atoms with van der Waals surface area (Å²) in [6.45, 7) is 10.3. The van der Waals surface area contributed by atoms with Crippen molar-refractivity contribution in [2.75, 3.05) is 36.0 Å². The van der Waals surface area contributed by atoms with E-state index in [0.717, 1.165) is 66.3 Å². The van der Waals surface area contributed by atoms with E-state index < -0.39 is 0 Å². The van der Waals surface area contributed by atoms with E-state index in [1.165, 1.54) is 17.1 Å². The summed E-state index contributed by atoms with van der Waals surface area (Å²) in [7, 11) is 0. The van der Waals surface area contributed by atoms with Crippen molar-refractivity contribution in [3.05, 3.63) is 70.2 Å². The fourth-order valence-electron chi connectivity index (χ4n) is 5.06. The zero-order chi connectivity index (χ0) is 23.8. The Morgan fingerprint density at radius 2 is 1.68 bits per heavy atom. The average molecular weight is 472 g/mol. The number of imidazole rings is 1. The second-order valence-corrected chi connectivity index (χ2v) is 9.99. The number of para-hydroxylation sites is 2. The normalized spacial score (nSPS) is 14.4. The van der Waals surface area contributed by atoms with E-state index in [1.54, 1.807) is 0 Å². The molecule has 3 heterocycles. The highest BCUT2D eigenvalue weighted by molar-refractivity contribution is 6.30. The van der Waals surface area contributed by atoms with E-state index in [2.05, 4.69) is 65.3 Å². The van der Waals surface area contributed by atoms with Gasteiger partial charge in [-0.15, -0.1) is 0 Å². The Morgan fingerprint density at radius 1 is 1.00 bits per heavy atom. The molecule has 1 saturated heterocycles. The Labute approximate surface area is 206 Å². The number of pyridine rings is 1. The number of hydrogen-bond acceptors (Lipinski definition) is 4. The van der Waals surface area contributed by atoms with Crippen LogP contribution in [0.2, 0.25) is 5.02 Å². The monoisotopic (exact) mass is 471 g/mol. The number of halogens is 1. The smallest absolute Gasteiger partial charge is 0.157 e. The van der Waals surface area contributed by atoms with E-state index in [4.69, 9.17) is 16.6 Å². The van der Waals surface area contributed by atoms with Crippen molar-refractivity contribution in [2.45, 2.75) is 33.6 Å². The van der Waals surface area contributed by atoms with E-state index >= 15 is 0 Å². The minimum absolute atomic E-state index is 0.592. The standard InChI is InChI=1S/C28H30ClN5/c1-19(2)8-13-23-20(3)24(18-30)27-31-25-6-4-5-7-26(25)34(27)28(23)33-16-14-32(15-17-33)22-11-9-21(29)10-12-22/h4-7,9-12,19H,8,13-17H2,1-3H3. The zero-order valence-corrected chi connectivity index (χ0v) is 20.8. The van der Waals surface area contributed by atoms with Gasteiger partial charge in [0.05, 0.1) is 16.6 Å². The Balaban J connectivity index is 1.62. The first kappa shape index (κ1) is 22.6. The van der Waals surface area contributed by atoms with Gasteiger partial charge in [-0.2, -0.15) is 5.26 Å². The third kappa shape index (κ3) is 3.97. The highest BCUT2D eigenvalue weighted by atomic mass is 35.5. The Kier molecular flexibility index (Phi) is 6.10. The Bertz CT molecular complexity index is 1370. The molecule has 174 valence electrons. The number of benzene rings is 2. The average Bonchev–Trinajstić information content (AvgIpc) is 3.22. The van der Waals surface area contributed by atoms with E-state index in [1.807, 2.05) is 24.3 Å². The van der Waals surface area contributed by atoms with Crippen LogP contribution < -0.4 is 9.80 Å². The lowest BCUT2D eigenvalue weighted by Crippen LogP contribution is -2.47. The molecule has 6 heteroatoms. The molecule has 1 fully saturated rings. The van der Waals surface area contributed by atoms with Crippen molar-refractivity contribution in [2.24, 2.45) is 5.92 Å². The number of aromatic nitrogens is 2. The molecule has 0 amide bonds. The summed E-state index contributed by atoms with van der Waals surface area (Å²) in [6.07, 6.45) is 2.04. The summed E-state index contributed by atoms with van der Waals surface area (Å²) in [5.74, 6) is 1.80. The molecule has 34 heavy (non-hydrogen) atoms. The van der Waals surface area contributed by atoms with Gasteiger partial charge < -0.3 is 9.80 Å². The topological polar surface area (TPSA) is 47.6 Å². The number of nitrogens with zero attached hydrogens (tertiary/aromatic N) is 5. The Hall–Kier alpha value is -3.23. The van der Waals surface area contributed by atoms with Crippen molar-refractivity contribution >= 4 is 39.8 Å². The number of nitriles is 1. The fraction of sp³-hybridized carbons (Fsp3) is 0.357. The number of anilines is 2. The number of hydrogen-bond donors (Lipinski definition) is 0. The maximum atomic E-state index is 10.1. The van der Waals surface area contributed by atoms with E-state index in [-0.39, 0.29) is 0 Å². The number of fused-ring (bicyclic) bond motifs is 3. The first-order valence-corrected chi connectivity index (χ1v) is 12.4. The van der Waals surface area contributed by atoms with Crippen LogP contribution in [0.15, 0.2) is 48.5 Å². The van der Waals surface area contributed by atoms with Gasteiger partial charge in [-0.1, -0.05) is 37.6 Å². The van der Waals surface area contributed by atoms with Crippen LogP contribution in [0.3, 0.4) is 0 Å². The summed E-state index contributed by atoms with van der Waals surface area (Å²) in [5.41, 5.74) is 7.01. The molecule has 5 rings (SSSR count). The molecule has 0 spiro atoms. The number of piperazine rings is 1. The largest absolute Gasteiger partial charge is 0.368 e. The van der Waals surface area contributed by atoms with Crippen LogP contribution >= 0.6 is 11.6 Å². The summed E-state index contributed by atoms with van der Waals surface area (Å²) >= 11 is 6.10. The quantitative estimate of drug-likeness (QED) is 0.346. The van der Waals surface area contributed by atoms with Crippen molar-refractivity contribution in [1.29, 1.82) is 5.26 Å². The van der Waals surface area contributed by atoms with Crippen molar-refractivity contribution in [3.8, 4) is 6.07 Å². The third-order valence-corrected chi connectivity index (χ3v) is 7.20. The molecule has 0 aliphatic carbocycles. The lowest BCUT2D eigenvalue weighted by Gasteiger charge is -2.39. The van der Waals surface area contributed by atoms with Gasteiger partial charge in [0.2, 0.25) is 0 Å². The molecule has 2 aromatic heterocycles. The van der Waals surface area contributed by atoms with Crippen LogP contribution in [0.1, 0.15) is 37.0 Å². The summed E-state index contributed by atoms with van der Waals surface area (Å²) < 4.78 is 2.24. The molecule has 0 N–H and O–H groups in total. The predicted octanol–water partition coefficient (Wildman–Crippen LogP) is 6.24. The molecule has 0 bridgehead atoms. The molecule has 5 nitrogen and oxygen atoms in total. The first-order chi connectivity index (χ1) is 16.5. The molecule has 1 aliphatic heterocycles. The molecule has 2 aromatic carbocycles. The molecule has 0 saturated carbocycles. The molecular formula is C28H30ClN5. The third-order valence-electron chi connectivity index (χ3n) is 6.95. The molecule has 1 aliphatic rings. The Morgan fingerprint density at radius 3 is 2.35 bits per heavy atom. The van der Waals surface area contributed by atoms with Crippen LogP contribution in [0.4, 0.5) is 11.5 Å². The van der Waals surface area contributed by atoms with Gasteiger partial charge in [0, 0.05) is 36.9 Å². The maximum absolute atomic E-state index is 10.1. The fourth-order valence-corrected chi connectivity index (χ4v) is 5.18. The van der Waals surface area contributed by atoms with Gasteiger partial charge in [0.25, 0.3) is 0 Å². The maximum Gasteiger partial charge on any atom is 0.157 e. The van der Waals surface area contributed by atoms with Crippen LogP contribution in [0.25, 0.3) is 16.7 Å². The lowest BCUT2D eigenvalue weighted by molar-refractivity contribution is 0.581. The SMILES string of the molecule is Cc1c(CCC(C)C)c(N2CCN(c3ccc(Cl)cc3)CC2)n2c(nc3ccccc32)c1C#N. The molecule has 0 radical (unpaired) electrons. The van der Waals surface area contributed by atoms with Gasteiger partial charge in [-0.25, -0.2) is 4.98 Å². The molecule has 0 atom stereocenters. The second kappa shape index (κ2) is 9.19. The summed E-state index contributed by atoms with van der Waals surface area (Å²) in [6, 6.07) is 18.8. The van der Waals surface area contributed by atoms with Crippen molar-refractivity contribution in [3.63, 3.8) is 0 Å². The van der Waals surface area contributed by atoms with Crippen molar-refractivity contribution < 1.29 is 0 Å². The van der Waals surface area contributed by atoms with Crippen LogP contribution in [-0.2, 0) is 6.42 Å². The van der Waals surface area contributed by atoms with Gasteiger partial charge >= 0.3 is 0 Å². The highest BCUT2D eigenvalue weighted by Crippen LogP contribution is 2.35. The molecule has 0 unspecified atom stereocenters.